The first-order valence-electron chi connectivity index (χ1n) is 7.93. The quantitative estimate of drug-likeness (QED) is 0.411. The highest BCUT2D eigenvalue weighted by Crippen LogP contribution is 2.33. The molecular formula is C21H18NO+. The molecule has 0 aliphatic heterocycles. The lowest BCUT2D eigenvalue weighted by Gasteiger charge is -2.06. The molecule has 2 aromatic carbocycles. The maximum absolute atomic E-state index is 12.6. The van der Waals surface area contributed by atoms with E-state index in [1.54, 1.807) is 6.08 Å². The number of hydrogen-bond donors (Lipinski definition) is 0. The predicted octanol–water partition coefficient (Wildman–Crippen LogP) is 3.66. The average Bonchev–Trinajstić information content (AvgIpc) is 3.00. The third-order valence-electron chi connectivity index (χ3n) is 4.58. The molecule has 0 fully saturated rings. The molecule has 0 amide bonds. The molecule has 2 nitrogen and oxygen atoms in total. The summed E-state index contributed by atoms with van der Waals surface area (Å²) in [7, 11) is 1.98. The van der Waals surface area contributed by atoms with E-state index in [0.29, 0.717) is 0 Å². The molecule has 1 aliphatic carbocycles. The Hall–Kier alpha value is -2.74. The molecule has 0 N–H and O–H groups in total. The molecule has 0 unspecified atom stereocenters. The number of carbonyl (C=O) groups is 1. The van der Waals surface area contributed by atoms with Crippen molar-refractivity contribution in [2.75, 3.05) is 0 Å². The van der Waals surface area contributed by atoms with Gasteiger partial charge in [0, 0.05) is 17.7 Å². The first-order valence-corrected chi connectivity index (χ1v) is 7.93. The zero-order valence-electron chi connectivity index (χ0n) is 13.1. The van der Waals surface area contributed by atoms with E-state index >= 15 is 0 Å². The van der Waals surface area contributed by atoms with Gasteiger partial charge in [-0.05, 0) is 46.4 Å². The van der Waals surface area contributed by atoms with E-state index in [0.717, 1.165) is 24.0 Å². The number of benzene rings is 2. The van der Waals surface area contributed by atoms with Crippen LogP contribution in [-0.4, -0.2) is 5.78 Å². The van der Waals surface area contributed by atoms with Gasteiger partial charge in [-0.1, -0.05) is 36.4 Å². The normalized spacial score (nSPS) is 13.1. The third kappa shape index (κ3) is 2.46. The Morgan fingerprint density at radius 3 is 2.70 bits per heavy atom. The Morgan fingerprint density at radius 2 is 1.87 bits per heavy atom. The molecular weight excluding hydrogens is 282 g/mol. The number of pyridine rings is 1. The van der Waals surface area contributed by atoms with Crippen LogP contribution < -0.4 is 4.57 Å². The van der Waals surface area contributed by atoms with Crippen molar-refractivity contribution in [1.29, 1.82) is 0 Å². The molecule has 0 bridgehead atoms. The van der Waals surface area contributed by atoms with Crippen molar-refractivity contribution in [3.05, 3.63) is 83.2 Å². The molecule has 3 aromatic rings. The summed E-state index contributed by atoms with van der Waals surface area (Å²) in [5.41, 5.74) is 4.47. The monoisotopic (exact) mass is 300 g/mol. The fourth-order valence-electron chi connectivity index (χ4n) is 3.38. The highest BCUT2D eigenvalue weighted by atomic mass is 16.1. The van der Waals surface area contributed by atoms with Gasteiger partial charge in [0.15, 0.2) is 18.2 Å². The summed E-state index contributed by atoms with van der Waals surface area (Å²) >= 11 is 0. The van der Waals surface area contributed by atoms with Gasteiger partial charge in [-0.15, -0.1) is 0 Å². The Kier molecular flexibility index (Phi) is 3.30. The predicted molar refractivity (Wildman–Crippen MR) is 92.3 cm³/mol. The van der Waals surface area contributed by atoms with Gasteiger partial charge in [0.1, 0.15) is 7.05 Å². The summed E-state index contributed by atoms with van der Waals surface area (Å²) in [6, 6.07) is 14.4. The van der Waals surface area contributed by atoms with Crippen LogP contribution >= 0.6 is 0 Å². The topological polar surface area (TPSA) is 20.9 Å². The number of carbonyl (C=O) groups excluding carboxylic acids is 1. The first kappa shape index (κ1) is 13.9. The van der Waals surface area contributed by atoms with Crippen molar-refractivity contribution >= 4 is 22.6 Å². The van der Waals surface area contributed by atoms with Gasteiger partial charge >= 0.3 is 0 Å². The second-order valence-corrected chi connectivity index (χ2v) is 6.10. The molecule has 1 aliphatic rings. The lowest BCUT2D eigenvalue weighted by molar-refractivity contribution is -0.671. The Bertz CT molecular complexity index is 936. The van der Waals surface area contributed by atoms with E-state index in [1.807, 2.05) is 48.3 Å². The Morgan fingerprint density at radius 1 is 1.04 bits per heavy atom. The van der Waals surface area contributed by atoms with Crippen LogP contribution in [0, 0.1) is 0 Å². The zero-order chi connectivity index (χ0) is 15.8. The SMILES string of the molecule is C[n+]1ccc(C=CC(=O)c2ccc3cccc4c3c2CC4)cc1. The lowest BCUT2D eigenvalue weighted by Crippen LogP contribution is -2.25. The molecule has 0 radical (unpaired) electrons. The number of aromatic nitrogens is 1. The minimum atomic E-state index is 0.0897. The van der Waals surface area contributed by atoms with E-state index in [2.05, 4.69) is 24.3 Å². The summed E-state index contributed by atoms with van der Waals surface area (Å²) in [6.07, 6.45) is 9.54. The van der Waals surface area contributed by atoms with Crippen molar-refractivity contribution in [2.45, 2.75) is 12.8 Å². The van der Waals surface area contributed by atoms with Crippen LogP contribution in [0.15, 0.2) is 60.9 Å². The fourth-order valence-corrected chi connectivity index (χ4v) is 3.38. The minimum Gasteiger partial charge on any atom is -0.289 e. The van der Waals surface area contributed by atoms with Crippen molar-refractivity contribution in [3.63, 3.8) is 0 Å². The maximum atomic E-state index is 12.6. The molecule has 23 heavy (non-hydrogen) atoms. The number of ketones is 1. The van der Waals surface area contributed by atoms with Crippen LogP contribution in [0.1, 0.15) is 27.0 Å². The minimum absolute atomic E-state index is 0.0897. The summed E-state index contributed by atoms with van der Waals surface area (Å²) in [6.45, 7) is 0. The Balaban J connectivity index is 1.70. The molecule has 1 aromatic heterocycles. The summed E-state index contributed by atoms with van der Waals surface area (Å²) < 4.78 is 1.98. The molecule has 0 saturated carbocycles. The zero-order valence-corrected chi connectivity index (χ0v) is 13.1. The van der Waals surface area contributed by atoms with Crippen LogP contribution in [0.3, 0.4) is 0 Å². The van der Waals surface area contributed by atoms with Crippen LogP contribution in [0.2, 0.25) is 0 Å². The fraction of sp³-hybridized carbons (Fsp3) is 0.143. The second kappa shape index (κ2) is 5.47. The van der Waals surface area contributed by atoms with E-state index < -0.39 is 0 Å². The van der Waals surface area contributed by atoms with Crippen LogP contribution in [-0.2, 0) is 19.9 Å². The van der Waals surface area contributed by atoms with E-state index in [9.17, 15) is 4.79 Å². The standard InChI is InChI=1S/C21H18NO/c1-22-13-11-15(12-14-22)5-10-20(23)18-8-6-16-3-2-4-17-7-9-19(18)21(16)17/h2-6,8,10-14H,7,9H2,1H3/q+1. The van der Waals surface area contributed by atoms with E-state index in [-0.39, 0.29) is 5.78 Å². The van der Waals surface area contributed by atoms with Crippen LogP contribution in [0.4, 0.5) is 0 Å². The lowest BCUT2D eigenvalue weighted by atomic mass is 9.97. The van der Waals surface area contributed by atoms with Crippen molar-refractivity contribution in [2.24, 2.45) is 7.05 Å². The largest absolute Gasteiger partial charge is 0.289 e. The van der Waals surface area contributed by atoms with E-state index in [1.165, 1.54) is 21.9 Å². The molecule has 0 saturated heterocycles. The van der Waals surface area contributed by atoms with Gasteiger partial charge in [-0.2, -0.15) is 0 Å². The average molecular weight is 300 g/mol. The Labute approximate surface area is 135 Å². The molecule has 0 spiro atoms. The number of nitrogens with zero attached hydrogens (tertiary/aromatic N) is 1. The second-order valence-electron chi connectivity index (χ2n) is 6.10. The molecule has 1 heterocycles. The first-order chi connectivity index (χ1) is 11.2. The molecule has 4 rings (SSSR count). The molecule has 2 heteroatoms. The van der Waals surface area contributed by atoms with Gasteiger partial charge in [0.05, 0.1) is 0 Å². The van der Waals surface area contributed by atoms with Gasteiger partial charge in [-0.3, -0.25) is 4.79 Å². The van der Waals surface area contributed by atoms with Gasteiger partial charge in [-0.25, -0.2) is 4.57 Å². The van der Waals surface area contributed by atoms with E-state index in [4.69, 9.17) is 0 Å². The van der Waals surface area contributed by atoms with Gasteiger partial charge in [0.2, 0.25) is 0 Å². The molecule has 112 valence electrons. The summed E-state index contributed by atoms with van der Waals surface area (Å²) in [4.78, 5) is 12.6. The van der Waals surface area contributed by atoms with Crippen molar-refractivity contribution in [3.8, 4) is 0 Å². The maximum Gasteiger partial charge on any atom is 0.186 e. The summed E-state index contributed by atoms with van der Waals surface area (Å²) in [5, 5.41) is 2.53. The van der Waals surface area contributed by atoms with Crippen LogP contribution in [0.25, 0.3) is 16.8 Å². The van der Waals surface area contributed by atoms with Gasteiger partial charge < -0.3 is 0 Å². The third-order valence-corrected chi connectivity index (χ3v) is 4.58. The van der Waals surface area contributed by atoms with Crippen molar-refractivity contribution < 1.29 is 9.36 Å². The van der Waals surface area contributed by atoms with Gasteiger partial charge in [0.25, 0.3) is 0 Å². The van der Waals surface area contributed by atoms with Crippen LogP contribution in [0.5, 0.6) is 0 Å². The summed E-state index contributed by atoms with van der Waals surface area (Å²) in [5.74, 6) is 0.0897. The number of hydrogen-bond acceptors (Lipinski definition) is 1. The number of rotatable bonds is 3. The highest BCUT2D eigenvalue weighted by molar-refractivity contribution is 6.11. The number of allylic oxidation sites excluding steroid dienone is 1. The molecule has 0 atom stereocenters. The number of aryl methyl sites for hydroxylation is 3. The smallest absolute Gasteiger partial charge is 0.186 e. The van der Waals surface area contributed by atoms with Crippen molar-refractivity contribution in [1.82, 2.24) is 0 Å². The highest BCUT2D eigenvalue weighted by Gasteiger charge is 2.19.